The number of morpholine rings is 1. The summed E-state index contributed by atoms with van der Waals surface area (Å²) in [7, 11) is 0.467. The van der Waals surface area contributed by atoms with Crippen molar-refractivity contribution in [2.45, 2.75) is 96.4 Å². The number of ether oxygens (including phenoxy) is 2. The molecule has 0 radical (unpaired) electrons. The topological polar surface area (TPSA) is 113 Å². The number of likely N-dealkylation sites (tertiary alicyclic amines) is 1. The van der Waals surface area contributed by atoms with Gasteiger partial charge in [-0.1, -0.05) is 25.3 Å². The molecule has 1 aliphatic carbocycles. The molecule has 12 heteroatoms. The second-order valence-electron chi connectivity index (χ2n) is 15.8. The van der Waals surface area contributed by atoms with Gasteiger partial charge >= 0.3 is 10.2 Å². The van der Waals surface area contributed by atoms with E-state index in [9.17, 15) is 13.2 Å². The number of fused-ring (bicyclic) bond motifs is 7. The van der Waals surface area contributed by atoms with Crippen LogP contribution in [0.2, 0.25) is 0 Å². The van der Waals surface area contributed by atoms with E-state index in [1.165, 1.54) is 26.1 Å². The minimum atomic E-state index is -4.00. The highest BCUT2D eigenvalue weighted by Crippen LogP contribution is 2.56. The van der Waals surface area contributed by atoms with Gasteiger partial charge < -0.3 is 18.9 Å². The Bertz CT molecular complexity index is 1940. The Morgan fingerprint density at radius 2 is 1.69 bits per heavy atom. The van der Waals surface area contributed by atoms with E-state index in [-0.39, 0.29) is 35.6 Å². The van der Waals surface area contributed by atoms with Gasteiger partial charge in [0.25, 0.3) is 5.91 Å². The molecule has 1 aromatic heterocycles. The summed E-state index contributed by atoms with van der Waals surface area (Å²) in [6.45, 7) is 11.3. The molecule has 2 amide bonds. The summed E-state index contributed by atoms with van der Waals surface area (Å²) >= 11 is 0. The fourth-order valence-corrected chi connectivity index (χ4v) is 9.87. The third-order valence-corrected chi connectivity index (χ3v) is 13.2. The average Bonchev–Trinajstić information content (AvgIpc) is 3.61. The van der Waals surface area contributed by atoms with E-state index in [2.05, 4.69) is 40.2 Å². The van der Waals surface area contributed by atoms with Gasteiger partial charge in [0.05, 0.1) is 30.4 Å². The van der Waals surface area contributed by atoms with Crippen LogP contribution >= 0.6 is 0 Å². The van der Waals surface area contributed by atoms with E-state index in [1.807, 2.05) is 36.9 Å². The van der Waals surface area contributed by atoms with E-state index in [1.54, 1.807) is 13.2 Å². The molecule has 3 aromatic rings. The lowest BCUT2D eigenvalue weighted by atomic mass is 9.72. The summed E-state index contributed by atoms with van der Waals surface area (Å²) < 4.78 is 42.9. The Balaban J connectivity index is 1.50. The van der Waals surface area contributed by atoms with Crippen molar-refractivity contribution in [3.8, 4) is 17.0 Å². The van der Waals surface area contributed by atoms with E-state index < -0.39 is 21.5 Å². The molecule has 2 aromatic carbocycles. The monoisotopic (exact) mass is 719 g/mol. The van der Waals surface area contributed by atoms with Crippen LogP contribution in [-0.4, -0.2) is 105 Å². The van der Waals surface area contributed by atoms with Gasteiger partial charge in [0.2, 0.25) is 5.91 Å². The predicted octanol–water partition coefficient (Wildman–Crippen LogP) is 5.34. The van der Waals surface area contributed by atoms with Crippen molar-refractivity contribution in [2.75, 3.05) is 47.4 Å². The lowest BCUT2D eigenvalue weighted by Gasteiger charge is -2.42. The number of carbonyl (C=O) groups is 2. The number of hydrogen-bond acceptors (Lipinski definition) is 7. The Hall–Kier alpha value is -3.45. The number of methoxy groups -OCH3 is 1. The molecule has 4 heterocycles. The van der Waals surface area contributed by atoms with Gasteiger partial charge in [-0.2, -0.15) is 12.7 Å². The Kier molecular flexibility index (Phi) is 9.52. The highest BCUT2D eigenvalue weighted by atomic mass is 32.2. The molecule has 276 valence electrons. The van der Waals surface area contributed by atoms with Crippen molar-refractivity contribution in [1.29, 1.82) is 0 Å². The summed E-state index contributed by atoms with van der Waals surface area (Å²) in [4.78, 5) is 33.4. The zero-order valence-corrected chi connectivity index (χ0v) is 31.9. The summed E-state index contributed by atoms with van der Waals surface area (Å²) in [5.74, 6) is 0.407. The van der Waals surface area contributed by atoms with Crippen molar-refractivity contribution >= 4 is 32.9 Å². The first kappa shape index (κ1) is 35.9. The van der Waals surface area contributed by atoms with Crippen molar-refractivity contribution < 1.29 is 27.5 Å². The maximum absolute atomic E-state index is 15.4. The van der Waals surface area contributed by atoms with E-state index in [0.717, 1.165) is 70.0 Å². The van der Waals surface area contributed by atoms with Crippen LogP contribution in [0.1, 0.15) is 93.1 Å². The first-order valence-electron chi connectivity index (χ1n) is 18.5. The molecule has 3 fully saturated rings. The van der Waals surface area contributed by atoms with Crippen molar-refractivity contribution in [1.82, 2.24) is 23.4 Å². The predicted molar refractivity (Wildman–Crippen MR) is 198 cm³/mol. The average molecular weight is 720 g/mol. The highest BCUT2D eigenvalue weighted by Gasteiger charge is 2.57. The molecule has 4 aliphatic rings. The standard InChI is InChI=1S/C39H53N5O6S/c1-24(2)43-21-33-32-18-29(49-7)14-16-30(32)36-35(27-11-9-8-10-12-27)31-15-13-28(37(45)40-51(47,48)41(5)6)17-34(31)44(36)23-39(33,22-43)38(46)42-19-25(3)50-26(4)20-42/h13-18,24-27,33H,8-12,19-23H2,1-7H3,(H,40,45)/t25-,26+,33-,39-/m1/s1. The fourth-order valence-electron chi connectivity index (χ4n) is 9.34. The third kappa shape index (κ3) is 6.25. The molecule has 0 spiro atoms. The van der Waals surface area contributed by atoms with E-state index in [0.29, 0.717) is 32.1 Å². The van der Waals surface area contributed by atoms with Gasteiger partial charge in [-0.05, 0) is 87.9 Å². The van der Waals surface area contributed by atoms with Gasteiger partial charge in [0.1, 0.15) is 5.75 Å². The SMILES string of the molecule is COc1ccc2c(c1)[C@H]1CN(C(C)C)C[C@@]1(C(=O)N1C[C@@H](C)O[C@@H](C)C1)Cn1c-2c(C2CCCCC2)c2ccc(C(=O)NS(=O)(=O)N(C)C)cc21. The van der Waals surface area contributed by atoms with Gasteiger partial charge in [0.15, 0.2) is 0 Å². The largest absolute Gasteiger partial charge is 0.497 e. The number of rotatable bonds is 7. The lowest BCUT2D eigenvalue weighted by Crippen LogP contribution is -2.56. The molecular formula is C39H53N5O6S. The molecule has 51 heavy (non-hydrogen) atoms. The number of benzene rings is 2. The minimum absolute atomic E-state index is 0.0753. The molecule has 1 N–H and O–H groups in total. The highest BCUT2D eigenvalue weighted by molar-refractivity contribution is 7.87. The quantitative estimate of drug-likeness (QED) is 0.351. The number of amides is 2. The molecule has 0 unspecified atom stereocenters. The number of carbonyl (C=O) groups excluding carboxylic acids is 2. The lowest BCUT2D eigenvalue weighted by molar-refractivity contribution is -0.155. The summed E-state index contributed by atoms with van der Waals surface area (Å²) in [6.07, 6.45) is 5.50. The minimum Gasteiger partial charge on any atom is -0.497 e. The number of nitrogens with zero attached hydrogens (tertiary/aromatic N) is 4. The van der Waals surface area contributed by atoms with Crippen molar-refractivity contribution in [3.05, 3.63) is 53.1 Å². The van der Waals surface area contributed by atoms with Gasteiger partial charge in [-0.3, -0.25) is 14.5 Å². The van der Waals surface area contributed by atoms with Crippen molar-refractivity contribution in [2.24, 2.45) is 5.41 Å². The summed E-state index contributed by atoms with van der Waals surface area (Å²) in [5, 5.41) is 1.05. The fraction of sp³-hybridized carbons (Fsp3) is 0.590. The number of aromatic nitrogens is 1. The molecular weight excluding hydrogens is 667 g/mol. The van der Waals surface area contributed by atoms with E-state index in [4.69, 9.17) is 9.47 Å². The van der Waals surface area contributed by atoms with Gasteiger partial charge in [-0.15, -0.1) is 0 Å². The molecule has 0 bridgehead atoms. The second-order valence-corrected chi connectivity index (χ2v) is 17.7. The normalized spacial score (nSPS) is 25.8. The Morgan fingerprint density at radius 3 is 2.33 bits per heavy atom. The number of nitrogens with one attached hydrogen (secondary N) is 1. The molecule has 2 saturated heterocycles. The molecule has 11 nitrogen and oxygen atoms in total. The van der Waals surface area contributed by atoms with Crippen LogP contribution in [0.15, 0.2) is 36.4 Å². The Morgan fingerprint density at radius 1 is 0.980 bits per heavy atom. The molecule has 3 aliphatic heterocycles. The Labute approximate surface area is 302 Å². The van der Waals surface area contributed by atoms with Crippen LogP contribution < -0.4 is 9.46 Å². The zero-order valence-electron chi connectivity index (χ0n) is 31.1. The smallest absolute Gasteiger partial charge is 0.303 e. The van der Waals surface area contributed by atoms with Crippen LogP contribution in [0.3, 0.4) is 0 Å². The first-order valence-corrected chi connectivity index (χ1v) is 20.0. The zero-order chi connectivity index (χ0) is 36.4. The maximum atomic E-state index is 15.4. The van der Waals surface area contributed by atoms with Crippen molar-refractivity contribution in [3.63, 3.8) is 0 Å². The maximum Gasteiger partial charge on any atom is 0.303 e. The first-order chi connectivity index (χ1) is 24.2. The van der Waals surface area contributed by atoms with Gasteiger partial charge in [0, 0.05) is 80.8 Å². The number of hydrogen-bond donors (Lipinski definition) is 1. The van der Waals surface area contributed by atoms with Crippen LogP contribution in [0.25, 0.3) is 22.2 Å². The van der Waals surface area contributed by atoms with Crippen LogP contribution in [0, 0.1) is 5.41 Å². The van der Waals surface area contributed by atoms with E-state index >= 15 is 4.79 Å². The molecule has 4 atom stereocenters. The summed E-state index contributed by atoms with van der Waals surface area (Å²) in [5.41, 5.74) is 4.87. The summed E-state index contributed by atoms with van der Waals surface area (Å²) in [6, 6.07) is 12.1. The third-order valence-electron chi connectivity index (χ3n) is 11.8. The molecule has 7 rings (SSSR count). The molecule has 1 saturated carbocycles. The second kappa shape index (κ2) is 13.5. The van der Waals surface area contributed by atoms with Crippen LogP contribution in [0.5, 0.6) is 5.75 Å². The van der Waals surface area contributed by atoms with Crippen LogP contribution in [-0.2, 0) is 26.3 Å². The van der Waals surface area contributed by atoms with Crippen LogP contribution in [0.4, 0.5) is 0 Å². The van der Waals surface area contributed by atoms with Gasteiger partial charge in [-0.25, -0.2) is 4.72 Å².